The highest BCUT2D eigenvalue weighted by Crippen LogP contribution is 2.53. The first-order chi connectivity index (χ1) is 20.3. The topological polar surface area (TPSA) is 102 Å². The van der Waals surface area contributed by atoms with Crippen LogP contribution < -0.4 is 10.1 Å². The summed E-state index contributed by atoms with van der Waals surface area (Å²) in [4.78, 5) is 23.5. The van der Waals surface area contributed by atoms with E-state index in [9.17, 15) is 31.5 Å². The van der Waals surface area contributed by atoms with Gasteiger partial charge >= 0.3 is 12.1 Å². The number of hydrogen-bond acceptors (Lipinski definition) is 8. The molecular weight excluding hydrogens is 573 g/mol. The van der Waals surface area contributed by atoms with Crippen molar-refractivity contribution >= 4 is 12.1 Å². The lowest BCUT2D eigenvalue weighted by Gasteiger charge is -2.09. The van der Waals surface area contributed by atoms with E-state index < -0.39 is 53.3 Å². The van der Waals surface area contributed by atoms with E-state index in [-0.39, 0.29) is 26.4 Å². The molecule has 0 heterocycles. The van der Waals surface area contributed by atoms with Crippen molar-refractivity contribution in [2.75, 3.05) is 66.0 Å². The van der Waals surface area contributed by atoms with Gasteiger partial charge in [-0.25, -0.2) is 18.0 Å². The molecule has 2 aliphatic carbocycles. The Labute approximate surface area is 241 Å². The summed E-state index contributed by atoms with van der Waals surface area (Å²) in [5.74, 6) is -12.1. The average Bonchev–Trinajstić information content (AvgIpc) is 3.62. The second-order valence-electron chi connectivity index (χ2n) is 10.1. The molecule has 2 saturated carbocycles. The molecule has 42 heavy (non-hydrogen) atoms. The van der Waals surface area contributed by atoms with Crippen molar-refractivity contribution in [3.8, 4) is 5.75 Å². The lowest BCUT2D eigenvalue weighted by atomic mass is 10.0. The first-order valence-corrected chi connectivity index (χ1v) is 14.2. The van der Waals surface area contributed by atoms with Crippen LogP contribution in [0.2, 0.25) is 0 Å². The molecule has 0 aromatic heterocycles. The van der Waals surface area contributed by atoms with Gasteiger partial charge in [0.2, 0.25) is 34.8 Å². The van der Waals surface area contributed by atoms with E-state index in [1.807, 2.05) is 0 Å². The molecule has 9 nitrogen and oxygen atoms in total. The van der Waals surface area contributed by atoms with E-state index in [0.29, 0.717) is 45.5 Å². The Balaban J connectivity index is 1.07. The van der Waals surface area contributed by atoms with E-state index in [1.54, 1.807) is 0 Å². The maximum atomic E-state index is 13.5. The zero-order chi connectivity index (χ0) is 30.3. The quantitative estimate of drug-likeness (QED) is 0.0638. The van der Waals surface area contributed by atoms with E-state index in [2.05, 4.69) is 10.1 Å². The first-order valence-electron chi connectivity index (χ1n) is 14.2. The smallest absolute Gasteiger partial charge is 0.407 e. The maximum Gasteiger partial charge on any atom is 0.407 e. The molecule has 0 radical (unpaired) electrons. The van der Waals surface area contributed by atoms with Gasteiger partial charge in [0.1, 0.15) is 0 Å². The van der Waals surface area contributed by atoms with Crippen molar-refractivity contribution in [3.05, 3.63) is 29.1 Å². The normalized spacial score (nSPS) is 19.9. The predicted molar refractivity (Wildman–Crippen MR) is 137 cm³/mol. The van der Waals surface area contributed by atoms with Crippen LogP contribution in [0.1, 0.15) is 44.9 Å². The van der Waals surface area contributed by atoms with Crippen LogP contribution in [0.3, 0.4) is 0 Å². The van der Waals surface area contributed by atoms with Crippen molar-refractivity contribution in [1.82, 2.24) is 5.32 Å². The summed E-state index contributed by atoms with van der Waals surface area (Å²) in [5, 5.41) is 2.68. The zero-order valence-corrected chi connectivity index (χ0v) is 23.4. The zero-order valence-electron chi connectivity index (χ0n) is 23.4. The molecule has 3 rings (SSSR count). The van der Waals surface area contributed by atoms with E-state index in [1.165, 1.54) is 38.5 Å². The van der Waals surface area contributed by atoms with Crippen molar-refractivity contribution in [2.45, 2.75) is 44.9 Å². The highest BCUT2D eigenvalue weighted by Gasteiger charge is 2.49. The van der Waals surface area contributed by atoms with E-state index in [4.69, 9.17) is 23.7 Å². The summed E-state index contributed by atoms with van der Waals surface area (Å²) >= 11 is 0. The molecule has 1 aromatic rings. The number of carbonyl (C=O) groups is 2. The number of esters is 1. The average molecular weight is 612 g/mol. The van der Waals surface area contributed by atoms with Crippen LogP contribution in [0.4, 0.5) is 26.7 Å². The number of nitrogens with one attached hydrogen (secondary N) is 1. The van der Waals surface area contributed by atoms with Crippen LogP contribution in [0.15, 0.2) is 0 Å². The minimum absolute atomic E-state index is 0.0795. The van der Waals surface area contributed by atoms with Crippen LogP contribution in [0.25, 0.3) is 0 Å². The summed E-state index contributed by atoms with van der Waals surface area (Å²) in [5.41, 5.74) is 0. The van der Waals surface area contributed by atoms with Crippen molar-refractivity contribution in [2.24, 2.45) is 17.8 Å². The molecule has 2 atom stereocenters. The van der Waals surface area contributed by atoms with E-state index >= 15 is 0 Å². The van der Waals surface area contributed by atoms with E-state index in [0.717, 1.165) is 11.8 Å². The van der Waals surface area contributed by atoms with Gasteiger partial charge in [-0.15, -0.1) is 0 Å². The van der Waals surface area contributed by atoms with Crippen LogP contribution >= 0.6 is 0 Å². The molecule has 0 spiro atoms. The van der Waals surface area contributed by atoms with Gasteiger partial charge in [0.25, 0.3) is 0 Å². The third-order valence-corrected chi connectivity index (χ3v) is 7.21. The lowest BCUT2D eigenvalue weighted by molar-refractivity contribution is -0.136. The second kappa shape index (κ2) is 18.2. The Hall–Kier alpha value is -2.55. The number of ether oxygens (including phenoxy) is 6. The Morgan fingerprint density at radius 1 is 0.643 bits per heavy atom. The number of rotatable bonds is 18. The van der Waals surface area contributed by atoms with Crippen molar-refractivity contribution in [1.29, 1.82) is 0 Å². The summed E-state index contributed by atoms with van der Waals surface area (Å²) in [7, 11) is 0. The Kier molecular flexibility index (Phi) is 14.7. The molecular formula is C28H38F5NO8. The van der Waals surface area contributed by atoms with Crippen LogP contribution in [-0.2, 0) is 28.5 Å². The number of carbonyl (C=O) groups excluding carboxylic acids is 2. The van der Waals surface area contributed by atoms with Crippen LogP contribution in [0, 0.1) is 46.8 Å². The highest BCUT2D eigenvalue weighted by molar-refractivity contribution is 5.72. The first kappa shape index (κ1) is 33.9. The van der Waals surface area contributed by atoms with Gasteiger partial charge in [-0.1, -0.05) is 25.7 Å². The molecule has 2 aliphatic rings. The number of amides is 1. The molecule has 14 heteroatoms. The van der Waals surface area contributed by atoms with Gasteiger partial charge in [-0.05, 0) is 30.6 Å². The Bertz CT molecular complexity index is 974. The molecule has 2 fully saturated rings. The molecule has 0 saturated heterocycles. The van der Waals surface area contributed by atoms with Gasteiger partial charge in [0.15, 0.2) is 0 Å². The number of halogens is 5. The molecule has 238 valence electrons. The fraction of sp³-hybridized carbons (Fsp3) is 0.714. The highest BCUT2D eigenvalue weighted by atomic mass is 19.2. The second-order valence-corrected chi connectivity index (χ2v) is 10.1. The predicted octanol–water partition coefficient (Wildman–Crippen LogP) is 4.69. The van der Waals surface area contributed by atoms with Gasteiger partial charge in [0, 0.05) is 6.54 Å². The molecule has 2 unspecified atom stereocenters. The Morgan fingerprint density at radius 3 is 1.67 bits per heavy atom. The van der Waals surface area contributed by atoms with Crippen LogP contribution in [-0.4, -0.2) is 78.1 Å². The molecule has 0 aliphatic heterocycles. The van der Waals surface area contributed by atoms with Gasteiger partial charge in [-0.2, -0.15) is 8.78 Å². The fourth-order valence-corrected chi connectivity index (χ4v) is 4.95. The third kappa shape index (κ3) is 10.9. The Morgan fingerprint density at radius 2 is 1.12 bits per heavy atom. The maximum absolute atomic E-state index is 13.5. The number of fused-ring (bicyclic) bond motifs is 1. The third-order valence-electron chi connectivity index (χ3n) is 7.21. The van der Waals surface area contributed by atoms with Gasteiger partial charge < -0.3 is 33.7 Å². The summed E-state index contributed by atoms with van der Waals surface area (Å²) < 4.78 is 97.1. The SMILES string of the molecule is O=C(CCOCCOCCOCCOCCNC(=O)OCC1C2CCCCCCC21)Oc1c(F)c(F)c(F)c(F)c1F. The standard InChI is InChI=1S/C28H38F5NO8/c29-22-23(30)25(32)27(26(33)24(22)31)42-21(35)7-9-37-11-13-39-15-16-40-14-12-38-10-8-34-28(36)41-17-20-18-5-3-1-2-4-6-19(18)20/h18-20H,1-17H2,(H,34,36). The van der Waals surface area contributed by atoms with Crippen LogP contribution in [0.5, 0.6) is 5.75 Å². The number of hydrogen-bond donors (Lipinski definition) is 1. The monoisotopic (exact) mass is 611 g/mol. The molecule has 0 bridgehead atoms. The molecule has 1 N–H and O–H groups in total. The minimum atomic E-state index is -2.35. The number of benzene rings is 1. The largest absolute Gasteiger partial charge is 0.449 e. The van der Waals surface area contributed by atoms with Gasteiger partial charge in [0.05, 0.1) is 65.9 Å². The summed E-state index contributed by atoms with van der Waals surface area (Å²) in [6.45, 7) is 2.42. The lowest BCUT2D eigenvalue weighted by Crippen LogP contribution is -2.29. The molecule has 1 amide bonds. The van der Waals surface area contributed by atoms with Gasteiger partial charge in [-0.3, -0.25) is 4.79 Å². The van der Waals surface area contributed by atoms with Crippen molar-refractivity contribution < 1.29 is 60.0 Å². The summed E-state index contributed by atoms with van der Waals surface area (Å²) in [6.07, 6.45) is 6.80. The minimum Gasteiger partial charge on any atom is -0.449 e. The summed E-state index contributed by atoms with van der Waals surface area (Å²) in [6, 6.07) is 0. The number of alkyl carbamates (subject to hydrolysis) is 1. The molecule has 1 aromatic carbocycles. The van der Waals surface area contributed by atoms with Crippen molar-refractivity contribution in [3.63, 3.8) is 0 Å². The fourth-order valence-electron chi connectivity index (χ4n) is 4.95.